The van der Waals surface area contributed by atoms with Gasteiger partial charge in [-0.05, 0) is 61.9 Å². The van der Waals surface area contributed by atoms with Crippen LogP contribution in [0, 0.1) is 0 Å². The van der Waals surface area contributed by atoms with Crippen LogP contribution >= 0.6 is 46.0 Å². The second-order valence-electron chi connectivity index (χ2n) is 10.5. The summed E-state index contributed by atoms with van der Waals surface area (Å²) < 4.78 is 11.0. The summed E-state index contributed by atoms with van der Waals surface area (Å²) in [6, 6.07) is 26.7. The monoisotopic (exact) mass is 686 g/mol. The molecule has 0 saturated carbocycles. The minimum atomic E-state index is -0.320. The van der Waals surface area contributed by atoms with Crippen molar-refractivity contribution in [1.29, 1.82) is 0 Å². The second kappa shape index (κ2) is 14.3. The van der Waals surface area contributed by atoms with E-state index < -0.39 is 0 Å². The summed E-state index contributed by atoms with van der Waals surface area (Å²) in [6.45, 7) is 7.64. The number of fused-ring (bicyclic) bond motifs is 1. The molecule has 10 heteroatoms. The van der Waals surface area contributed by atoms with Crippen LogP contribution in [0.25, 0.3) is 33.9 Å². The minimum absolute atomic E-state index is 0.0169. The van der Waals surface area contributed by atoms with Crippen molar-refractivity contribution in [3.05, 3.63) is 120 Å². The summed E-state index contributed by atoms with van der Waals surface area (Å²) in [6.07, 6.45) is 6.03. The number of thiazole rings is 2. The Morgan fingerprint density at radius 2 is 1.67 bits per heavy atom. The summed E-state index contributed by atoms with van der Waals surface area (Å²) in [5.41, 5.74) is 4.45. The highest BCUT2D eigenvalue weighted by Crippen LogP contribution is 2.46. The van der Waals surface area contributed by atoms with E-state index in [0.717, 1.165) is 37.4 Å². The lowest BCUT2D eigenvalue weighted by molar-refractivity contribution is -0.679. The van der Waals surface area contributed by atoms with E-state index in [0.29, 0.717) is 22.6 Å². The Labute approximate surface area is 285 Å². The van der Waals surface area contributed by atoms with Crippen LogP contribution in [-0.4, -0.2) is 23.7 Å². The largest absolute Gasteiger partial charge is 0.464 e. The zero-order valence-corrected chi connectivity index (χ0v) is 28.9. The molecule has 234 valence electrons. The number of aromatic nitrogens is 2. The molecular weight excluding hydrogens is 654 g/mol. The average molecular weight is 687 g/mol. The lowest BCUT2D eigenvalue weighted by atomic mass is 10.1. The number of thioether (sulfide) groups is 1. The van der Waals surface area contributed by atoms with E-state index in [2.05, 4.69) is 71.0 Å². The first-order valence-electron chi connectivity index (χ1n) is 15.1. The van der Waals surface area contributed by atoms with E-state index in [9.17, 15) is 9.59 Å². The van der Waals surface area contributed by atoms with Gasteiger partial charge in [-0.1, -0.05) is 83.2 Å². The Bertz CT molecular complexity index is 2100. The molecule has 6 nitrogen and oxygen atoms in total. The summed E-state index contributed by atoms with van der Waals surface area (Å²) in [5, 5.41) is 2.66. The molecule has 6 rings (SSSR count). The normalized spacial score (nSPS) is 14.3. The minimum Gasteiger partial charge on any atom is -0.464 e. The third-order valence-corrected chi connectivity index (χ3v) is 11.2. The van der Waals surface area contributed by atoms with E-state index in [1.807, 2.05) is 54.0 Å². The van der Waals surface area contributed by atoms with Gasteiger partial charge in [-0.3, -0.25) is 14.2 Å². The first-order valence-corrected chi connectivity index (χ1v) is 17.9. The summed E-state index contributed by atoms with van der Waals surface area (Å²) in [5.74, 6) is -0.320. The molecule has 0 aliphatic carbocycles. The van der Waals surface area contributed by atoms with Crippen molar-refractivity contribution in [3.63, 3.8) is 0 Å². The fourth-order valence-electron chi connectivity index (χ4n) is 5.45. The number of allylic oxidation sites excluding steroid dienone is 1. The summed E-state index contributed by atoms with van der Waals surface area (Å²) in [4.78, 5) is 29.4. The molecule has 0 fully saturated rings. The number of esters is 1. The number of anilines is 1. The molecular formula is C36H33ClN3O3S3+. The maximum Gasteiger partial charge on any atom is 0.302 e. The van der Waals surface area contributed by atoms with Crippen LogP contribution in [0.1, 0.15) is 25.8 Å². The van der Waals surface area contributed by atoms with Gasteiger partial charge in [0.15, 0.2) is 0 Å². The van der Waals surface area contributed by atoms with Crippen LogP contribution in [0.5, 0.6) is 0 Å². The second-order valence-corrected chi connectivity index (χ2v) is 14.1. The van der Waals surface area contributed by atoms with Gasteiger partial charge >= 0.3 is 5.97 Å². The molecule has 1 aliphatic heterocycles. The molecule has 3 heterocycles. The highest BCUT2D eigenvalue weighted by atomic mass is 35.5. The van der Waals surface area contributed by atoms with Crippen LogP contribution in [-0.2, 0) is 22.6 Å². The van der Waals surface area contributed by atoms with E-state index >= 15 is 0 Å². The Morgan fingerprint density at radius 3 is 2.35 bits per heavy atom. The summed E-state index contributed by atoms with van der Waals surface area (Å²) >= 11 is 11.2. The molecule has 0 atom stereocenters. The van der Waals surface area contributed by atoms with Crippen molar-refractivity contribution in [1.82, 2.24) is 4.57 Å². The maximum absolute atomic E-state index is 13.7. The van der Waals surface area contributed by atoms with Gasteiger partial charge < -0.3 is 9.64 Å². The molecule has 0 amide bonds. The molecule has 46 heavy (non-hydrogen) atoms. The first kappa shape index (κ1) is 32.1. The number of benzene rings is 3. The predicted octanol–water partition coefficient (Wildman–Crippen LogP) is 6.91. The molecule has 0 bridgehead atoms. The van der Waals surface area contributed by atoms with Crippen LogP contribution in [0.3, 0.4) is 0 Å². The molecule has 0 radical (unpaired) electrons. The number of carbonyl (C=O) groups excluding carboxylic acids is 1. The molecule has 1 aliphatic rings. The fourth-order valence-corrected chi connectivity index (χ4v) is 9.10. The van der Waals surface area contributed by atoms with Gasteiger partial charge in [0.2, 0.25) is 5.69 Å². The number of rotatable bonds is 9. The van der Waals surface area contributed by atoms with Crippen molar-refractivity contribution in [2.75, 3.05) is 18.1 Å². The van der Waals surface area contributed by atoms with E-state index in [-0.39, 0.29) is 18.1 Å². The van der Waals surface area contributed by atoms with Crippen molar-refractivity contribution in [2.45, 2.75) is 38.8 Å². The third-order valence-electron chi connectivity index (χ3n) is 7.55. The van der Waals surface area contributed by atoms with E-state index in [4.69, 9.17) is 16.3 Å². The molecule has 5 aromatic rings. The van der Waals surface area contributed by atoms with Gasteiger partial charge in [0.25, 0.3) is 10.6 Å². The van der Waals surface area contributed by atoms with Gasteiger partial charge in [-0.25, -0.2) is 0 Å². The van der Waals surface area contributed by atoms with Crippen LogP contribution in [0.15, 0.2) is 99.7 Å². The molecule has 2 aromatic heterocycles. The highest BCUT2D eigenvalue weighted by molar-refractivity contribution is 8.03. The van der Waals surface area contributed by atoms with Gasteiger partial charge in [0.05, 0.1) is 27.9 Å². The van der Waals surface area contributed by atoms with Gasteiger partial charge in [-0.2, -0.15) is 4.57 Å². The molecule has 0 N–H and O–H groups in total. The SMILES string of the molecule is CCn1c(=Cc2sc(-c3ccccc3)c(-c3ccccc3)[n+]2CC)s/c(=C/C=C2Sc3ccc(Cl)cc3N2CCOC(C)=O)c1=O. The van der Waals surface area contributed by atoms with Gasteiger partial charge in [0, 0.05) is 29.0 Å². The topological polar surface area (TPSA) is 55.4 Å². The van der Waals surface area contributed by atoms with Crippen molar-refractivity contribution in [2.24, 2.45) is 0 Å². The first-order chi connectivity index (χ1) is 22.4. The van der Waals surface area contributed by atoms with Crippen LogP contribution < -0.4 is 24.2 Å². The number of hydrogen-bond donors (Lipinski definition) is 0. The maximum atomic E-state index is 13.7. The summed E-state index contributed by atoms with van der Waals surface area (Å²) in [7, 11) is 0. The number of ether oxygens (including phenoxy) is 1. The van der Waals surface area contributed by atoms with Crippen LogP contribution in [0.4, 0.5) is 5.69 Å². The smallest absolute Gasteiger partial charge is 0.302 e. The molecule has 3 aromatic carbocycles. The zero-order chi connectivity index (χ0) is 32.2. The number of carbonyl (C=O) groups is 1. The fraction of sp³-hybridized carbons (Fsp3) is 0.194. The molecule has 0 spiro atoms. The Balaban J connectivity index is 1.45. The van der Waals surface area contributed by atoms with Crippen molar-refractivity contribution in [3.8, 4) is 21.7 Å². The lowest BCUT2D eigenvalue weighted by Gasteiger charge is -2.20. The quantitative estimate of drug-likeness (QED) is 0.125. The predicted molar refractivity (Wildman–Crippen MR) is 192 cm³/mol. The number of hydrogen-bond acceptors (Lipinski definition) is 7. The van der Waals surface area contributed by atoms with Gasteiger partial charge in [-0.15, -0.1) is 11.3 Å². The molecule has 0 saturated heterocycles. The number of halogens is 1. The Morgan fingerprint density at radius 1 is 0.957 bits per heavy atom. The molecule has 0 unspecified atom stereocenters. The lowest BCUT2D eigenvalue weighted by Crippen LogP contribution is -2.36. The van der Waals surface area contributed by atoms with E-state index in [1.165, 1.54) is 34.4 Å². The van der Waals surface area contributed by atoms with Crippen LogP contribution in [0.2, 0.25) is 5.02 Å². The van der Waals surface area contributed by atoms with Gasteiger partial charge in [0.1, 0.15) is 22.7 Å². The van der Waals surface area contributed by atoms with Crippen molar-refractivity contribution < 1.29 is 14.1 Å². The highest BCUT2D eigenvalue weighted by Gasteiger charge is 2.27. The number of nitrogens with zero attached hydrogens (tertiary/aromatic N) is 3. The Hall–Kier alpha value is -3.89. The zero-order valence-electron chi connectivity index (χ0n) is 25.7. The average Bonchev–Trinajstić information content (AvgIpc) is 3.70. The third kappa shape index (κ3) is 6.64. The Kier molecular flexibility index (Phi) is 9.94. The van der Waals surface area contributed by atoms with Crippen molar-refractivity contribution >= 4 is 69.8 Å². The van der Waals surface area contributed by atoms with E-state index in [1.54, 1.807) is 23.1 Å². The standard InChI is InChI=1S/C36H33ClN3O3S3/c1-4-38-32(46-35(26-14-10-7-11-15-26)34(38)25-12-8-6-9-13-25)23-33-39(5-2)36(42)30(45-33)18-19-31-40(20-21-43-24(3)41)28-22-27(37)16-17-29(28)44-31/h6-19,22-23H,4-5,20-21H2,1-3H3/q+1/b30-18+,31-19?.